The topological polar surface area (TPSA) is 32.3 Å². The molecule has 2 N–H and O–H groups in total. The first kappa shape index (κ1) is 12.0. The average molecular weight is 199 g/mol. The smallest absolute Gasteiger partial charge is 0.0692 e. The standard InChI is InChI=1S/C12H25NO/c1-9(2)10-4-6-11(7-5-10)12(14)8-13-3/h9-14H,4-8H2,1-3H3. The third-order valence-electron chi connectivity index (χ3n) is 3.72. The third kappa shape index (κ3) is 3.25. The number of rotatable bonds is 4. The van der Waals surface area contributed by atoms with E-state index in [9.17, 15) is 5.11 Å². The van der Waals surface area contributed by atoms with Gasteiger partial charge in [0.2, 0.25) is 0 Å². The summed E-state index contributed by atoms with van der Waals surface area (Å²) >= 11 is 0. The van der Waals surface area contributed by atoms with Crippen LogP contribution in [0.1, 0.15) is 39.5 Å². The van der Waals surface area contributed by atoms with Crippen LogP contribution in [0.5, 0.6) is 0 Å². The highest BCUT2D eigenvalue weighted by Gasteiger charge is 2.27. The van der Waals surface area contributed by atoms with E-state index in [-0.39, 0.29) is 6.10 Å². The molecular weight excluding hydrogens is 174 g/mol. The monoisotopic (exact) mass is 199 g/mol. The van der Waals surface area contributed by atoms with Crippen LogP contribution in [0, 0.1) is 17.8 Å². The van der Waals surface area contributed by atoms with Crippen molar-refractivity contribution in [3.05, 3.63) is 0 Å². The summed E-state index contributed by atoms with van der Waals surface area (Å²) in [7, 11) is 1.91. The van der Waals surface area contributed by atoms with E-state index in [1.54, 1.807) is 0 Å². The molecule has 84 valence electrons. The van der Waals surface area contributed by atoms with Crippen LogP contribution in [-0.2, 0) is 0 Å². The zero-order valence-electron chi connectivity index (χ0n) is 9.79. The lowest BCUT2D eigenvalue weighted by Crippen LogP contribution is -2.34. The first-order valence-electron chi connectivity index (χ1n) is 5.97. The van der Waals surface area contributed by atoms with E-state index in [4.69, 9.17) is 0 Å². The normalized spacial score (nSPS) is 30.6. The zero-order valence-corrected chi connectivity index (χ0v) is 9.79. The van der Waals surface area contributed by atoms with Gasteiger partial charge in [-0.3, -0.25) is 0 Å². The first-order chi connectivity index (χ1) is 6.65. The first-order valence-corrected chi connectivity index (χ1v) is 5.97. The largest absolute Gasteiger partial charge is 0.392 e. The molecule has 1 rings (SSSR count). The van der Waals surface area contributed by atoms with Crippen LogP contribution in [0.4, 0.5) is 0 Å². The van der Waals surface area contributed by atoms with Gasteiger partial charge in [-0.1, -0.05) is 13.8 Å². The predicted octanol–water partition coefficient (Wildman–Crippen LogP) is 2.03. The molecule has 2 nitrogen and oxygen atoms in total. The van der Waals surface area contributed by atoms with Crippen molar-refractivity contribution in [3.8, 4) is 0 Å². The van der Waals surface area contributed by atoms with E-state index >= 15 is 0 Å². The summed E-state index contributed by atoms with van der Waals surface area (Å²) < 4.78 is 0. The van der Waals surface area contributed by atoms with Crippen LogP contribution in [0.15, 0.2) is 0 Å². The van der Waals surface area contributed by atoms with Gasteiger partial charge in [0.1, 0.15) is 0 Å². The quantitative estimate of drug-likeness (QED) is 0.726. The van der Waals surface area contributed by atoms with Crippen molar-refractivity contribution in [2.45, 2.75) is 45.6 Å². The summed E-state index contributed by atoms with van der Waals surface area (Å²) in [5.41, 5.74) is 0. The minimum Gasteiger partial charge on any atom is -0.392 e. The van der Waals surface area contributed by atoms with Crippen molar-refractivity contribution in [2.75, 3.05) is 13.6 Å². The minimum atomic E-state index is -0.131. The van der Waals surface area contributed by atoms with Crippen molar-refractivity contribution in [1.29, 1.82) is 0 Å². The Morgan fingerprint density at radius 3 is 2.07 bits per heavy atom. The molecule has 1 aliphatic carbocycles. The fourth-order valence-electron chi connectivity index (χ4n) is 2.57. The molecule has 0 saturated heterocycles. The number of aliphatic hydroxyl groups excluding tert-OH is 1. The van der Waals surface area contributed by atoms with E-state index in [2.05, 4.69) is 19.2 Å². The second kappa shape index (κ2) is 5.72. The minimum absolute atomic E-state index is 0.131. The van der Waals surface area contributed by atoms with Gasteiger partial charge in [-0.2, -0.15) is 0 Å². The summed E-state index contributed by atoms with van der Waals surface area (Å²) in [5, 5.41) is 12.9. The Bertz CT molecular complexity index is 150. The lowest BCUT2D eigenvalue weighted by atomic mass is 9.75. The Morgan fingerprint density at radius 1 is 1.14 bits per heavy atom. The van der Waals surface area contributed by atoms with Crippen LogP contribution >= 0.6 is 0 Å². The molecule has 1 saturated carbocycles. The molecule has 0 bridgehead atoms. The van der Waals surface area contributed by atoms with E-state index in [0.29, 0.717) is 5.92 Å². The number of hydrogen-bond donors (Lipinski definition) is 2. The van der Waals surface area contributed by atoms with Gasteiger partial charge in [0.05, 0.1) is 6.10 Å². The van der Waals surface area contributed by atoms with Crippen LogP contribution in [0.2, 0.25) is 0 Å². The van der Waals surface area contributed by atoms with Crippen molar-refractivity contribution in [1.82, 2.24) is 5.32 Å². The van der Waals surface area contributed by atoms with Gasteiger partial charge in [-0.05, 0) is 50.5 Å². The van der Waals surface area contributed by atoms with Crippen LogP contribution in [0.3, 0.4) is 0 Å². The van der Waals surface area contributed by atoms with Crippen LogP contribution in [-0.4, -0.2) is 24.8 Å². The average Bonchev–Trinajstić information content (AvgIpc) is 2.18. The van der Waals surface area contributed by atoms with Gasteiger partial charge in [0.15, 0.2) is 0 Å². The molecule has 0 amide bonds. The Morgan fingerprint density at radius 2 is 1.64 bits per heavy atom. The summed E-state index contributed by atoms with van der Waals surface area (Å²) in [6, 6.07) is 0. The molecule has 0 aromatic heterocycles. The maximum Gasteiger partial charge on any atom is 0.0692 e. The fraction of sp³-hybridized carbons (Fsp3) is 1.00. The maximum atomic E-state index is 9.84. The summed E-state index contributed by atoms with van der Waals surface area (Å²) in [6.07, 6.45) is 4.91. The molecular formula is C12H25NO. The Labute approximate surface area is 88.1 Å². The molecule has 0 heterocycles. The molecule has 0 radical (unpaired) electrons. The Kier molecular flexibility index (Phi) is 4.90. The highest BCUT2D eigenvalue weighted by Crippen LogP contribution is 2.34. The van der Waals surface area contributed by atoms with E-state index < -0.39 is 0 Å². The highest BCUT2D eigenvalue weighted by atomic mass is 16.3. The number of hydrogen-bond acceptors (Lipinski definition) is 2. The van der Waals surface area contributed by atoms with Crippen LogP contribution in [0.25, 0.3) is 0 Å². The van der Waals surface area contributed by atoms with Gasteiger partial charge in [0, 0.05) is 6.54 Å². The van der Waals surface area contributed by atoms with Gasteiger partial charge in [-0.15, -0.1) is 0 Å². The van der Waals surface area contributed by atoms with Gasteiger partial charge in [-0.25, -0.2) is 0 Å². The van der Waals surface area contributed by atoms with Crippen molar-refractivity contribution in [3.63, 3.8) is 0 Å². The zero-order chi connectivity index (χ0) is 10.6. The molecule has 0 aromatic rings. The van der Waals surface area contributed by atoms with Gasteiger partial charge in [0.25, 0.3) is 0 Å². The molecule has 1 atom stereocenters. The second-order valence-electron chi connectivity index (χ2n) is 5.04. The molecule has 0 spiro atoms. The second-order valence-corrected chi connectivity index (χ2v) is 5.04. The Balaban J connectivity index is 2.28. The summed E-state index contributed by atoms with van der Waals surface area (Å²) in [5.74, 6) is 2.25. The van der Waals surface area contributed by atoms with Crippen molar-refractivity contribution >= 4 is 0 Å². The third-order valence-corrected chi connectivity index (χ3v) is 3.72. The molecule has 1 aliphatic rings. The molecule has 1 unspecified atom stereocenters. The van der Waals surface area contributed by atoms with Crippen molar-refractivity contribution < 1.29 is 5.11 Å². The molecule has 1 fully saturated rings. The number of likely N-dealkylation sites (N-methyl/N-ethyl adjacent to an activating group) is 1. The van der Waals surface area contributed by atoms with Gasteiger partial charge < -0.3 is 10.4 Å². The predicted molar refractivity (Wildman–Crippen MR) is 60.2 cm³/mol. The summed E-state index contributed by atoms with van der Waals surface area (Å²) in [6.45, 7) is 5.38. The van der Waals surface area contributed by atoms with Crippen LogP contribution < -0.4 is 5.32 Å². The highest BCUT2D eigenvalue weighted by molar-refractivity contribution is 4.79. The van der Waals surface area contributed by atoms with E-state index in [1.165, 1.54) is 25.7 Å². The summed E-state index contributed by atoms with van der Waals surface area (Å²) in [4.78, 5) is 0. The lowest BCUT2D eigenvalue weighted by Gasteiger charge is -2.33. The van der Waals surface area contributed by atoms with E-state index in [0.717, 1.165) is 18.4 Å². The van der Waals surface area contributed by atoms with Crippen molar-refractivity contribution in [2.24, 2.45) is 17.8 Å². The number of nitrogens with one attached hydrogen (secondary N) is 1. The molecule has 14 heavy (non-hydrogen) atoms. The molecule has 0 aliphatic heterocycles. The number of aliphatic hydroxyl groups is 1. The lowest BCUT2D eigenvalue weighted by molar-refractivity contribution is 0.0684. The molecule has 0 aromatic carbocycles. The fourth-order valence-corrected chi connectivity index (χ4v) is 2.57. The SMILES string of the molecule is CNCC(O)C1CCC(C(C)C)CC1. The van der Waals surface area contributed by atoms with Gasteiger partial charge >= 0.3 is 0 Å². The maximum absolute atomic E-state index is 9.84. The molecule has 2 heteroatoms. The Hall–Kier alpha value is -0.0800. The van der Waals surface area contributed by atoms with E-state index in [1.807, 2.05) is 7.05 Å².